The van der Waals surface area contributed by atoms with Crippen LogP contribution in [0.3, 0.4) is 0 Å². The van der Waals surface area contributed by atoms with Gasteiger partial charge in [-0.3, -0.25) is 9.69 Å². The first kappa shape index (κ1) is 17.2. The highest BCUT2D eigenvalue weighted by Gasteiger charge is 2.36. The maximum atomic E-state index is 12.4. The summed E-state index contributed by atoms with van der Waals surface area (Å²) in [6.45, 7) is 4.79. The lowest BCUT2D eigenvalue weighted by molar-refractivity contribution is 0.00437. The summed E-state index contributed by atoms with van der Waals surface area (Å²) >= 11 is 3.44. The molecule has 6 heteroatoms. The number of halogens is 1. The fourth-order valence-electron chi connectivity index (χ4n) is 3.15. The van der Waals surface area contributed by atoms with Gasteiger partial charge >= 0.3 is 0 Å². The summed E-state index contributed by atoms with van der Waals surface area (Å²) in [7, 11) is 0. The molecule has 1 aliphatic rings. The maximum Gasteiger partial charge on any atom is 0.257 e. The van der Waals surface area contributed by atoms with Gasteiger partial charge in [0, 0.05) is 30.7 Å². The van der Waals surface area contributed by atoms with E-state index in [9.17, 15) is 9.90 Å². The Morgan fingerprint density at radius 2 is 1.88 bits per heavy atom. The highest BCUT2D eigenvalue weighted by molar-refractivity contribution is 9.10. The molecule has 1 N–H and O–H groups in total. The molecule has 24 heavy (non-hydrogen) atoms. The minimum Gasteiger partial charge on any atom is -0.472 e. The molecule has 1 aliphatic heterocycles. The van der Waals surface area contributed by atoms with Crippen molar-refractivity contribution in [2.45, 2.75) is 12.5 Å². The zero-order chi connectivity index (χ0) is 17.2. The first-order valence-electron chi connectivity index (χ1n) is 7.98. The first-order chi connectivity index (χ1) is 11.5. The van der Waals surface area contributed by atoms with Crippen molar-refractivity contribution in [3.05, 3.63) is 58.5 Å². The van der Waals surface area contributed by atoms with E-state index in [1.165, 1.54) is 12.5 Å². The highest BCUT2D eigenvalue weighted by Crippen LogP contribution is 2.30. The number of amides is 1. The van der Waals surface area contributed by atoms with E-state index < -0.39 is 5.54 Å². The van der Waals surface area contributed by atoms with Crippen molar-refractivity contribution in [3.63, 3.8) is 0 Å². The lowest BCUT2D eigenvalue weighted by Gasteiger charge is -2.45. The number of hydrogen-bond donors (Lipinski definition) is 1. The van der Waals surface area contributed by atoms with Crippen molar-refractivity contribution in [1.82, 2.24) is 9.80 Å². The van der Waals surface area contributed by atoms with Crippen molar-refractivity contribution in [2.75, 3.05) is 32.8 Å². The fourth-order valence-corrected chi connectivity index (χ4v) is 3.42. The van der Waals surface area contributed by atoms with Crippen LogP contribution >= 0.6 is 15.9 Å². The van der Waals surface area contributed by atoms with Gasteiger partial charge in [-0.05, 0) is 30.7 Å². The predicted molar refractivity (Wildman–Crippen MR) is 94.8 cm³/mol. The zero-order valence-corrected chi connectivity index (χ0v) is 15.2. The molecule has 1 fully saturated rings. The average molecular weight is 393 g/mol. The van der Waals surface area contributed by atoms with Crippen LogP contribution < -0.4 is 0 Å². The lowest BCUT2D eigenvalue weighted by atomic mass is 9.90. The van der Waals surface area contributed by atoms with Gasteiger partial charge in [-0.15, -0.1) is 0 Å². The number of carbonyl (C=O) groups excluding carboxylic acids is 1. The van der Waals surface area contributed by atoms with Gasteiger partial charge in [0.1, 0.15) is 6.26 Å². The molecule has 1 aromatic carbocycles. The normalized spacial score (nSPS) is 18.4. The third-order valence-corrected chi connectivity index (χ3v) is 5.34. The number of benzene rings is 1. The number of aliphatic hydroxyl groups is 1. The van der Waals surface area contributed by atoms with E-state index >= 15 is 0 Å². The van der Waals surface area contributed by atoms with E-state index in [4.69, 9.17) is 4.42 Å². The Balaban J connectivity index is 1.70. The number of furan rings is 1. The third-order valence-electron chi connectivity index (χ3n) is 4.81. The Bertz CT molecular complexity index is 679. The van der Waals surface area contributed by atoms with Crippen molar-refractivity contribution in [3.8, 4) is 0 Å². The molecule has 2 heterocycles. The van der Waals surface area contributed by atoms with Gasteiger partial charge in [-0.2, -0.15) is 0 Å². The summed E-state index contributed by atoms with van der Waals surface area (Å²) in [6.07, 6.45) is 2.99. The molecule has 2 aromatic rings. The Kier molecular flexibility index (Phi) is 5.08. The molecule has 0 spiro atoms. The van der Waals surface area contributed by atoms with Crippen LogP contribution in [0, 0.1) is 0 Å². The molecule has 0 bridgehead atoms. The van der Waals surface area contributed by atoms with Gasteiger partial charge in [-0.1, -0.05) is 28.1 Å². The van der Waals surface area contributed by atoms with E-state index in [-0.39, 0.29) is 12.5 Å². The van der Waals surface area contributed by atoms with E-state index in [0.717, 1.165) is 23.1 Å². The van der Waals surface area contributed by atoms with E-state index in [0.29, 0.717) is 18.7 Å². The number of hydrogen-bond acceptors (Lipinski definition) is 4. The summed E-state index contributed by atoms with van der Waals surface area (Å²) in [5.41, 5.74) is 1.20. The predicted octanol–water partition coefficient (Wildman–Crippen LogP) is 2.71. The van der Waals surface area contributed by atoms with Crippen LogP contribution in [-0.4, -0.2) is 53.6 Å². The molecule has 3 rings (SSSR count). The van der Waals surface area contributed by atoms with Gasteiger partial charge in [0.25, 0.3) is 5.91 Å². The second-order valence-corrected chi connectivity index (χ2v) is 7.15. The van der Waals surface area contributed by atoms with E-state index in [2.05, 4.69) is 20.8 Å². The minimum absolute atomic E-state index is 0.00209. The molecule has 1 amide bonds. The minimum atomic E-state index is -0.453. The van der Waals surface area contributed by atoms with Crippen LogP contribution in [0.4, 0.5) is 0 Å². The molecule has 1 aromatic heterocycles. The summed E-state index contributed by atoms with van der Waals surface area (Å²) in [6, 6.07) is 9.73. The number of aliphatic hydroxyl groups excluding tert-OH is 1. The topological polar surface area (TPSA) is 56.9 Å². The molecule has 5 nitrogen and oxygen atoms in total. The molecular formula is C18H21BrN2O3. The van der Waals surface area contributed by atoms with Crippen molar-refractivity contribution in [2.24, 2.45) is 0 Å². The standard InChI is InChI=1S/C18H21BrN2O3/c1-18(13-22,15-2-4-16(19)5-3-15)21-9-7-20(8-10-21)17(23)14-6-11-24-12-14/h2-6,11-12,22H,7-10,13H2,1H3. The average Bonchev–Trinajstić information content (AvgIpc) is 3.16. The van der Waals surface area contributed by atoms with Crippen molar-refractivity contribution >= 4 is 21.8 Å². The van der Waals surface area contributed by atoms with Crippen LogP contribution in [0.5, 0.6) is 0 Å². The molecule has 1 atom stereocenters. The molecule has 0 radical (unpaired) electrons. The summed E-state index contributed by atoms with van der Waals surface area (Å²) in [4.78, 5) is 16.5. The van der Waals surface area contributed by atoms with Gasteiger partial charge in [0.05, 0.1) is 24.0 Å². The molecule has 128 valence electrons. The lowest BCUT2D eigenvalue weighted by Crippen LogP contribution is -2.56. The Morgan fingerprint density at radius 1 is 1.21 bits per heavy atom. The molecule has 1 saturated heterocycles. The molecule has 0 aliphatic carbocycles. The van der Waals surface area contributed by atoms with E-state index in [1.807, 2.05) is 36.1 Å². The monoisotopic (exact) mass is 392 g/mol. The molecule has 1 unspecified atom stereocenters. The summed E-state index contributed by atoms with van der Waals surface area (Å²) in [5.74, 6) is -0.00209. The van der Waals surface area contributed by atoms with Gasteiger partial charge in [0.15, 0.2) is 0 Å². The Hall–Kier alpha value is -1.63. The number of rotatable bonds is 4. The van der Waals surface area contributed by atoms with Crippen LogP contribution in [0.1, 0.15) is 22.8 Å². The zero-order valence-electron chi connectivity index (χ0n) is 13.6. The Labute approximate surface area is 150 Å². The summed E-state index contributed by atoms with van der Waals surface area (Å²) < 4.78 is 6.01. The van der Waals surface area contributed by atoms with Crippen LogP contribution in [0.15, 0.2) is 51.7 Å². The number of nitrogens with zero attached hydrogens (tertiary/aromatic N) is 2. The van der Waals surface area contributed by atoms with Gasteiger partial charge < -0.3 is 14.4 Å². The van der Waals surface area contributed by atoms with Crippen LogP contribution in [0.2, 0.25) is 0 Å². The quantitative estimate of drug-likeness (QED) is 0.868. The second-order valence-electron chi connectivity index (χ2n) is 6.23. The summed E-state index contributed by atoms with van der Waals surface area (Å²) in [5, 5.41) is 10.0. The number of piperazine rings is 1. The van der Waals surface area contributed by atoms with Crippen LogP contribution in [0.25, 0.3) is 0 Å². The molecular weight excluding hydrogens is 372 g/mol. The van der Waals surface area contributed by atoms with Gasteiger partial charge in [0.2, 0.25) is 0 Å². The molecule has 0 saturated carbocycles. The largest absolute Gasteiger partial charge is 0.472 e. The maximum absolute atomic E-state index is 12.4. The van der Waals surface area contributed by atoms with Crippen molar-refractivity contribution < 1.29 is 14.3 Å². The third kappa shape index (κ3) is 3.27. The number of carbonyl (C=O) groups is 1. The highest BCUT2D eigenvalue weighted by atomic mass is 79.9. The van der Waals surface area contributed by atoms with Crippen molar-refractivity contribution in [1.29, 1.82) is 0 Å². The van der Waals surface area contributed by atoms with Gasteiger partial charge in [-0.25, -0.2) is 0 Å². The van der Waals surface area contributed by atoms with E-state index in [1.54, 1.807) is 6.07 Å². The fraction of sp³-hybridized carbons (Fsp3) is 0.389. The second kappa shape index (κ2) is 7.09. The smallest absolute Gasteiger partial charge is 0.257 e. The van der Waals surface area contributed by atoms with Crippen LogP contribution in [-0.2, 0) is 5.54 Å². The first-order valence-corrected chi connectivity index (χ1v) is 8.77. The SMILES string of the molecule is CC(CO)(c1ccc(Br)cc1)N1CCN(C(=O)c2ccoc2)CC1. The Morgan fingerprint density at radius 3 is 2.42 bits per heavy atom.